The van der Waals surface area contributed by atoms with Gasteiger partial charge >= 0.3 is 0 Å². The van der Waals surface area contributed by atoms with Gasteiger partial charge in [0.1, 0.15) is 5.15 Å². The van der Waals surface area contributed by atoms with Gasteiger partial charge in [0.05, 0.1) is 16.8 Å². The van der Waals surface area contributed by atoms with Crippen molar-refractivity contribution < 1.29 is 4.74 Å². The summed E-state index contributed by atoms with van der Waals surface area (Å²) in [5.74, 6) is 0. The molecule has 0 bridgehead atoms. The van der Waals surface area contributed by atoms with E-state index in [4.69, 9.17) is 27.9 Å². The van der Waals surface area contributed by atoms with Crippen molar-refractivity contribution in [3.8, 4) is 0 Å². The number of pyridine rings is 1. The molecule has 1 aromatic heterocycles. The lowest BCUT2D eigenvalue weighted by Crippen LogP contribution is -2.32. The van der Waals surface area contributed by atoms with E-state index in [9.17, 15) is 0 Å². The highest BCUT2D eigenvalue weighted by Crippen LogP contribution is 2.20. The van der Waals surface area contributed by atoms with Crippen molar-refractivity contribution in [1.29, 1.82) is 0 Å². The Morgan fingerprint density at radius 2 is 2.28 bits per heavy atom. The van der Waals surface area contributed by atoms with Crippen LogP contribution in [0.4, 0.5) is 0 Å². The zero-order chi connectivity index (χ0) is 13.0. The van der Waals surface area contributed by atoms with Crippen LogP contribution in [0.2, 0.25) is 10.2 Å². The molecule has 1 aromatic rings. The average molecular weight is 289 g/mol. The fourth-order valence-corrected chi connectivity index (χ4v) is 2.49. The van der Waals surface area contributed by atoms with Gasteiger partial charge < -0.3 is 4.74 Å². The lowest BCUT2D eigenvalue weighted by atomic mass is 10.2. The van der Waals surface area contributed by atoms with E-state index in [1.54, 1.807) is 12.1 Å². The molecule has 1 saturated heterocycles. The van der Waals surface area contributed by atoms with Crippen molar-refractivity contribution in [2.45, 2.75) is 32.4 Å². The summed E-state index contributed by atoms with van der Waals surface area (Å²) in [5.41, 5.74) is 0.837. The molecule has 0 saturated carbocycles. The lowest BCUT2D eigenvalue weighted by molar-refractivity contribution is 0.0721. The predicted octanol–water partition coefficient (Wildman–Crippen LogP) is 3.39. The van der Waals surface area contributed by atoms with Gasteiger partial charge in [-0.3, -0.25) is 4.90 Å². The molecule has 0 amide bonds. The Balaban J connectivity index is 1.98. The standard InChI is InChI=1S/C13H18Cl2N2O/c1-2-17(8-10-4-3-7-18-10)9-12-11(14)5-6-13(15)16-12/h5-6,10H,2-4,7-9H2,1H3. The van der Waals surface area contributed by atoms with E-state index in [-0.39, 0.29) is 0 Å². The summed E-state index contributed by atoms with van der Waals surface area (Å²) >= 11 is 12.0. The summed E-state index contributed by atoms with van der Waals surface area (Å²) in [5, 5.41) is 1.16. The van der Waals surface area contributed by atoms with Crippen molar-refractivity contribution in [3.63, 3.8) is 0 Å². The first-order chi connectivity index (χ1) is 8.69. The number of rotatable bonds is 5. The van der Waals surface area contributed by atoms with E-state index < -0.39 is 0 Å². The molecule has 2 heterocycles. The quantitative estimate of drug-likeness (QED) is 0.777. The second-order valence-corrected chi connectivity index (χ2v) is 5.32. The molecule has 0 N–H and O–H groups in total. The van der Waals surface area contributed by atoms with Gasteiger partial charge in [-0.15, -0.1) is 0 Å². The predicted molar refractivity (Wildman–Crippen MR) is 74.2 cm³/mol. The number of halogens is 2. The SMILES string of the molecule is CCN(Cc1nc(Cl)ccc1Cl)CC1CCCO1. The van der Waals surface area contributed by atoms with E-state index in [2.05, 4.69) is 16.8 Å². The topological polar surface area (TPSA) is 25.4 Å². The van der Waals surface area contributed by atoms with Crippen LogP contribution in [0.1, 0.15) is 25.5 Å². The molecule has 0 aromatic carbocycles. The van der Waals surface area contributed by atoms with Crippen molar-refractivity contribution in [3.05, 3.63) is 28.0 Å². The van der Waals surface area contributed by atoms with Crippen LogP contribution in [0.3, 0.4) is 0 Å². The minimum absolute atomic E-state index is 0.350. The lowest BCUT2D eigenvalue weighted by Gasteiger charge is -2.23. The molecule has 1 aliphatic heterocycles. The van der Waals surface area contributed by atoms with E-state index in [0.29, 0.717) is 16.3 Å². The van der Waals surface area contributed by atoms with Gasteiger partial charge in [0.2, 0.25) is 0 Å². The van der Waals surface area contributed by atoms with Crippen molar-refractivity contribution in [2.75, 3.05) is 19.7 Å². The van der Waals surface area contributed by atoms with E-state index in [1.165, 1.54) is 6.42 Å². The fourth-order valence-electron chi connectivity index (χ4n) is 2.16. The maximum absolute atomic E-state index is 6.13. The van der Waals surface area contributed by atoms with Gasteiger partial charge in [-0.1, -0.05) is 30.1 Å². The molecule has 2 rings (SSSR count). The summed E-state index contributed by atoms with van der Waals surface area (Å²) in [6.07, 6.45) is 2.66. The van der Waals surface area contributed by atoms with Gasteiger partial charge in [-0.25, -0.2) is 4.98 Å². The highest BCUT2D eigenvalue weighted by Gasteiger charge is 2.19. The fraction of sp³-hybridized carbons (Fsp3) is 0.615. The Bertz CT molecular complexity index is 395. The number of hydrogen-bond donors (Lipinski definition) is 0. The highest BCUT2D eigenvalue weighted by atomic mass is 35.5. The van der Waals surface area contributed by atoms with Crippen LogP contribution in [0, 0.1) is 0 Å². The maximum Gasteiger partial charge on any atom is 0.129 e. The molecule has 0 radical (unpaired) electrons. The summed E-state index contributed by atoms with van der Waals surface area (Å²) in [6, 6.07) is 3.51. The molecule has 100 valence electrons. The van der Waals surface area contributed by atoms with Crippen LogP contribution in [0.15, 0.2) is 12.1 Å². The normalized spacial score (nSPS) is 19.7. The summed E-state index contributed by atoms with van der Waals surface area (Å²) < 4.78 is 5.66. The third kappa shape index (κ3) is 3.82. The zero-order valence-corrected chi connectivity index (χ0v) is 12.0. The molecule has 5 heteroatoms. The molecule has 1 unspecified atom stereocenters. The Labute approximate surface area is 118 Å². The van der Waals surface area contributed by atoms with Gasteiger partial charge in [0.25, 0.3) is 0 Å². The highest BCUT2D eigenvalue weighted by molar-refractivity contribution is 6.32. The molecule has 1 atom stereocenters. The monoisotopic (exact) mass is 288 g/mol. The van der Waals surface area contributed by atoms with Crippen LogP contribution in [0.25, 0.3) is 0 Å². The first kappa shape index (κ1) is 14.1. The van der Waals surface area contributed by atoms with Gasteiger partial charge in [-0.2, -0.15) is 0 Å². The Hall–Kier alpha value is -0.350. The summed E-state index contributed by atoms with van der Waals surface area (Å²) in [7, 11) is 0. The Morgan fingerprint density at radius 1 is 1.44 bits per heavy atom. The molecular formula is C13H18Cl2N2O. The molecule has 1 fully saturated rings. The second kappa shape index (κ2) is 6.71. The van der Waals surface area contributed by atoms with Crippen LogP contribution in [0.5, 0.6) is 0 Å². The minimum Gasteiger partial charge on any atom is -0.377 e. The summed E-state index contributed by atoms with van der Waals surface area (Å²) in [6.45, 7) is 5.62. The molecule has 18 heavy (non-hydrogen) atoms. The minimum atomic E-state index is 0.350. The Morgan fingerprint density at radius 3 is 2.94 bits per heavy atom. The molecule has 0 aliphatic carbocycles. The third-order valence-electron chi connectivity index (χ3n) is 3.19. The molecule has 1 aliphatic rings. The van der Waals surface area contributed by atoms with Gasteiger partial charge in [0, 0.05) is 19.7 Å². The first-order valence-corrected chi connectivity index (χ1v) is 7.09. The average Bonchev–Trinajstić information content (AvgIpc) is 2.85. The molecular weight excluding hydrogens is 271 g/mol. The second-order valence-electron chi connectivity index (χ2n) is 4.53. The number of ether oxygens (including phenoxy) is 1. The van der Waals surface area contributed by atoms with Gasteiger partial charge in [-0.05, 0) is 31.5 Å². The van der Waals surface area contributed by atoms with Crippen molar-refractivity contribution in [1.82, 2.24) is 9.88 Å². The van der Waals surface area contributed by atoms with Crippen LogP contribution >= 0.6 is 23.2 Å². The molecule has 0 spiro atoms. The smallest absolute Gasteiger partial charge is 0.129 e. The summed E-state index contributed by atoms with van der Waals surface area (Å²) in [4.78, 5) is 6.58. The maximum atomic E-state index is 6.13. The Kier molecular flexibility index (Phi) is 5.25. The van der Waals surface area contributed by atoms with E-state index in [1.807, 2.05) is 0 Å². The van der Waals surface area contributed by atoms with Crippen molar-refractivity contribution >= 4 is 23.2 Å². The largest absolute Gasteiger partial charge is 0.377 e. The molecule has 3 nitrogen and oxygen atoms in total. The zero-order valence-electron chi connectivity index (χ0n) is 10.5. The van der Waals surface area contributed by atoms with Gasteiger partial charge in [0.15, 0.2) is 0 Å². The van der Waals surface area contributed by atoms with E-state index >= 15 is 0 Å². The van der Waals surface area contributed by atoms with Crippen LogP contribution in [-0.4, -0.2) is 35.7 Å². The van der Waals surface area contributed by atoms with Crippen molar-refractivity contribution in [2.24, 2.45) is 0 Å². The number of likely N-dealkylation sites (N-methyl/N-ethyl adjacent to an activating group) is 1. The number of hydrogen-bond acceptors (Lipinski definition) is 3. The van der Waals surface area contributed by atoms with Crippen LogP contribution in [-0.2, 0) is 11.3 Å². The number of nitrogens with zero attached hydrogens (tertiary/aromatic N) is 2. The first-order valence-electron chi connectivity index (χ1n) is 6.34. The van der Waals surface area contributed by atoms with Crippen LogP contribution < -0.4 is 0 Å². The number of aromatic nitrogens is 1. The third-order valence-corrected chi connectivity index (χ3v) is 3.75. The van der Waals surface area contributed by atoms with E-state index in [0.717, 1.165) is 38.4 Å².